The van der Waals surface area contributed by atoms with Crippen molar-refractivity contribution in [1.82, 2.24) is 25.0 Å². The van der Waals surface area contributed by atoms with Crippen LogP contribution in [0.15, 0.2) is 30.5 Å². The van der Waals surface area contributed by atoms with Gasteiger partial charge in [0, 0.05) is 24.9 Å². The fourth-order valence-corrected chi connectivity index (χ4v) is 2.89. The highest BCUT2D eigenvalue weighted by Crippen LogP contribution is 2.17. The number of carbonyl (C=O) groups excluding carboxylic acids is 1. The van der Waals surface area contributed by atoms with Crippen LogP contribution in [0.5, 0.6) is 0 Å². The fraction of sp³-hybridized carbons (Fsp3) is 0.267. The van der Waals surface area contributed by atoms with Crippen LogP contribution in [0.3, 0.4) is 0 Å². The van der Waals surface area contributed by atoms with E-state index in [9.17, 15) is 4.79 Å². The van der Waals surface area contributed by atoms with Crippen LogP contribution in [0.4, 0.5) is 5.13 Å². The molecule has 3 aromatic rings. The number of pyridine rings is 1. The van der Waals surface area contributed by atoms with Crippen molar-refractivity contribution in [3.63, 3.8) is 0 Å². The molecule has 7 nitrogen and oxygen atoms in total. The van der Waals surface area contributed by atoms with Crippen molar-refractivity contribution in [2.24, 2.45) is 0 Å². The zero-order chi connectivity index (χ0) is 16.2. The predicted molar refractivity (Wildman–Crippen MR) is 87.5 cm³/mol. The molecule has 0 saturated carbocycles. The summed E-state index contributed by atoms with van der Waals surface area (Å²) in [5.74, 6) is -0.285. The number of nitrogens with zero attached hydrogens (tertiary/aromatic N) is 5. The molecule has 8 heteroatoms. The van der Waals surface area contributed by atoms with Gasteiger partial charge in [0.2, 0.25) is 5.13 Å². The number of rotatable bonds is 5. The summed E-state index contributed by atoms with van der Waals surface area (Å²) >= 11 is 1.36. The van der Waals surface area contributed by atoms with Gasteiger partial charge in [-0.25, -0.2) is 0 Å². The van der Waals surface area contributed by atoms with E-state index >= 15 is 0 Å². The Morgan fingerprint density at radius 3 is 2.87 bits per heavy atom. The molecule has 118 valence electrons. The summed E-state index contributed by atoms with van der Waals surface area (Å²) in [6.07, 6.45) is 2.30. The van der Waals surface area contributed by atoms with Crippen LogP contribution in [0.2, 0.25) is 0 Å². The minimum atomic E-state index is -0.285. The first-order valence-corrected chi connectivity index (χ1v) is 7.99. The van der Waals surface area contributed by atoms with Crippen LogP contribution in [0, 0.1) is 13.8 Å². The van der Waals surface area contributed by atoms with E-state index in [2.05, 4.69) is 25.6 Å². The molecule has 0 aliphatic heterocycles. The third kappa shape index (κ3) is 3.78. The molecule has 23 heavy (non-hydrogen) atoms. The standard InChI is InChI=1S/C15H16N6OS/c1-10-9-11(2)21(20-10)8-6-13-18-19-15(23-13)17-14(22)12-5-3-4-7-16-12/h3-5,7,9H,6,8H2,1-2H3,(H,17,19,22). The van der Waals surface area contributed by atoms with Gasteiger partial charge in [-0.1, -0.05) is 17.4 Å². The molecule has 0 fully saturated rings. The number of carbonyl (C=O) groups is 1. The maximum Gasteiger partial charge on any atom is 0.276 e. The summed E-state index contributed by atoms with van der Waals surface area (Å²) < 4.78 is 1.95. The average molecular weight is 328 g/mol. The fourth-order valence-electron chi connectivity index (χ4n) is 2.17. The van der Waals surface area contributed by atoms with Crippen LogP contribution in [-0.4, -0.2) is 30.9 Å². The second-order valence-electron chi connectivity index (χ2n) is 5.07. The second-order valence-corrected chi connectivity index (χ2v) is 6.13. The Hall–Kier alpha value is -2.61. The van der Waals surface area contributed by atoms with Gasteiger partial charge in [0.1, 0.15) is 10.7 Å². The Morgan fingerprint density at radius 1 is 1.30 bits per heavy atom. The van der Waals surface area contributed by atoms with Gasteiger partial charge in [-0.2, -0.15) is 5.10 Å². The van der Waals surface area contributed by atoms with Gasteiger partial charge < -0.3 is 0 Å². The van der Waals surface area contributed by atoms with E-state index in [1.807, 2.05) is 24.6 Å². The molecule has 1 amide bonds. The monoisotopic (exact) mass is 328 g/mol. The largest absolute Gasteiger partial charge is 0.295 e. The summed E-state index contributed by atoms with van der Waals surface area (Å²) in [4.78, 5) is 16.0. The summed E-state index contributed by atoms with van der Waals surface area (Å²) in [6, 6.07) is 7.22. The summed E-state index contributed by atoms with van der Waals surface area (Å²) in [6.45, 7) is 4.74. The van der Waals surface area contributed by atoms with Crippen LogP contribution in [0.1, 0.15) is 26.9 Å². The first kappa shape index (κ1) is 15.3. The van der Waals surface area contributed by atoms with Crippen LogP contribution < -0.4 is 5.32 Å². The lowest BCUT2D eigenvalue weighted by Gasteiger charge is -2.01. The zero-order valence-electron chi connectivity index (χ0n) is 12.9. The second kappa shape index (κ2) is 6.66. The topological polar surface area (TPSA) is 85.6 Å². The lowest BCUT2D eigenvalue weighted by Crippen LogP contribution is -2.13. The van der Waals surface area contributed by atoms with E-state index in [0.29, 0.717) is 10.8 Å². The third-order valence-corrected chi connectivity index (χ3v) is 4.12. The maximum absolute atomic E-state index is 12.0. The van der Waals surface area contributed by atoms with Gasteiger partial charge >= 0.3 is 0 Å². The molecule has 0 spiro atoms. The molecule has 1 N–H and O–H groups in total. The Balaban J connectivity index is 1.60. The molecule has 0 aliphatic rings. The van der Waals surface area contributed by atoms with Gasteiger partial charge in [-0.05, 0) is 32.0 Å². The number of nitrogens with one attached hydrogen (secondary N) is 1. The van der Waals surface area contributed by atoms with Gasteiger partial charge in [0.15, 0.2) is 0 Å². The number of aryl methyl sites for hydroxylation is 4. The van der Waals surface area contributed by atoms with E-state index in [1.165, 1.54) is 11.3 Å². The minimum absolute atomic E-state index is 0.285. The molecular formula is C15H16N6OS. The highest BCUT2D eigenvalue weighted by molar-refractivity contribution is 7.15. The van der Waals surface area contributed by atoms with E-state index < -0.39 is 0 Å². The van der Waals surface area contributed by atoms with E-state index in [-0.39, 0.29) is 5.91 Å². The molecule has 3 aromatic heterocycles. The highest BCUT2D eigenvalue weighted by Gasteiger charge is 2.11. The van der Waals surface area contributed by atoms with Crippen molar-refractivity contribution >= 4 is 22.4 Å². The van der Waals surface area contributed by atoms with Crippen molar-refractivity contribution in [3.8, 4) is 0 Å². The van der Waals surface area contributed by atoms with Crippen molar-refractivity contribution in [1.29, 1.82) is 0 Å². The maximum atomic E-state index is 12.0. The summed E-state index contributed by atoms with van der Waals surface area (Å²) in [5, 5.41) is 16.6. The molecule has 0 bridgehead atoms. The van der Waals surface area contributed by atoms with Gasteiger partial charge in [-0.3, -0.25) is 19.8 Å². The van der Waals surface area contributed by atoms with Crippen molar-refractivity contribution < 1.29 is 4.79 Å². The number of hydrogen-bond acceptors (Lipinski definition) is 6. The molecule has 0 unspecified atom stereocenters. The smallest absolute Gasteiger partial charge is 0.276 e. The molecule has 3 rings (SSSR count). The number of anilines is 1. The van der Waals surface area contributed by atoms with Crippen molar-refractivity contribution in [2.45, 2.75) is 26.8 Å². The van der Waals surface area contributed by atoms with E-state index in [4.69, 9.17) is 0 Å². The summed E-state index contributed by atoms with van der Waals surface area (Å²) in [7, 11) is 0. The Labute approximate surface area is 137 Å². The molecule has 0 radical (unpaired) electrons. The minimum Gasteiger partial charge on any atom is -0.295 e. The molecule has 0 aromatic carbocycles. The number of aromatic nitrogens is 5. The Bertz CT molecular complexity index is 810. The zero-order valence-corrected chi connectivity index (χ0v) is 13.7. The first-order chi connectivity index (χ1) is 11.1. The molecular weight excluding hydrogens is 312 g/mol. The van der Waals surface area contributed by atoms with Crippen LogP contribution in [-0.2, 0) is 13.0 Å². The van der Waals surface area contributed by atoms with Crippen LogP contribution >= 0.6 is 11.3 Å². The molecule has 3 heterocycles. The summed E-state index contributed by atoms with van der Waals surface area (Å²) in [5.41, 5.74) is 2.48. The highest BCUT2D eigenvalue weighted by atomic mass is 32.1. The average Bonchev–Trinajstić information content (AvgIpc) is 3.12. The number of amides is 1. The molecule has 0 atom stereocenters. The predicted octanol–water partition coefficient (Wildman–Crippen LogP) is 2.24. The lowest BCUT2D eigenvalue weighted by atomic mass is 10.3. The van der Waals surface area contributed by atoms with E-state index in [1.54, 1.807) is 24.4 Å². The first-order valence-electron chi connectivity index (χ1n) is 7.17. The number of hydrogen-bond donors (Lipinski definition) is 1. The quantitative estimate of drug-likeness (QED) is 0.776. The van der Waals surface area contributed by atoms with Gasteiger partial charge in [0.05, 0.1) is 5.69 Å². The normalized spacial score (nSPS) is 10.7. The van der Waals surface area contributed by atoms with Crippen LogP contribution in [0.25, 0.3) is 0 Å². The van der Waals surface area contributed by atoms with Gasteiger partial charge in [0.25, 0.3) is 5.91 Å². The Kier molecular flexibility index (Phi) is 4.42. The lowest BCUT2D eigenvalue weighted by molar-refractivity contribution is 0.102. The molecule has 0 aliphatic carbocycles. The van der Waals surface area contributed by atoms with Crippen molar-refractivity contribution in [2.75, 3.05) is 5.32 Å². The molecule has 0 saturated heterocycles. The third-order valence-electron chi connectivity index (χ3n) is 3.23. The van der Waals surface area contributed by atoms with Crippen molar-refractivity contribution in [3.05, 3.63) is 52.6 Å². The van der Waals surface area contributed by atoms with Gasteiger partial charge in [-0.15, -0.1) is 10.2 Å². The SMILES string of the molecule is Cc1cc(C)n(CCc2nnc(NC(=O)c3ccccn3)s2)n1. The van der Waals surface area contributed by atoms with E-state index in [0.717, 1.165) is 29.4 Å². The Morgan fingerprint density at radius 2 is 2.17 bits per heavy atom.